The van der Waals surface area contributed by atoms with Crippen molar-refractivity contribution in [3.05, 3.63) is 75.6 Å². The molecule has 1 N–H and O–H groups in total. The molecule has 2 bridgehead atoms. The van der Waals surface area contributed by atoms with Crippen molar-refractivity contribution >= 4 is 37.6 Å². The molecule has 3 aromatic rings. The minimum absolute atomic E-state index is 0.183. The van der Waals surface area contributed by atoms with E-state index in [0.717, 1.165) is 53.2 Å². The molecular weight excluding hydrogens is 536 g/mol. The highest BCUT2D eigenvalue weighted by Gasteiger charge is 2.41. The number of nitrogens with one attached hydrogen (secondary N) is 1. The number of piperidine rings is 3. The van der Waals surface area contributed by atoms with Gasteiger partial charge in [0, 0.05) is 45.8 Å². The second-order valence-corrected chi connectivity index (χ2v) is 12.1. The Morgan fingerprint density at radius 2 is 1.91 bits per heavy atom. The maximum absolute atomic E-state index is 12.7. The van der Waals surface area contributed by atoms with Crippen LogP contribution in [-0.2, 0) is 10.0 Å². The van der Waals surface area contributed by atoms with Crippen LogP contribution in [0, 0.1) is 12.8 Å². The highest BCUT2D eigenvalue weighted by Crippen LogP contribution is 2.42. The van der Waals surface area contributed by atoms with Crippen molar-refractivity contribution in [3.63, 3.8) is 0 Å². The molecule has 4 unspecified atom stereocenters. The fourth-order valence-corrected chi connectivity index (χ4v) is 6.86. The number of hydrogen-bond donors (Lipinski definition) is 1. The average molecular weight is 562 g/mol. The molecule has 3 saturated heterocycles. The molecule has 3 aliphatic heterocycles. The summed E-state index contributed by atoms with van der Waals surface area (Å²) in [7, 11) is -3.57. The Labute approximate surface area is 213 Å². The smallest absolute Gasteiger partial charge is 0.240 e. The second kappa shape index (κ2) is 9.66. The topological polar surface area (TPSA) is 75.2 Å². The predicted octanol–water partition coefficient (Wildman–Crippen LogP) is 5.02. The van der Waals surface area contributed by atoms with Gasteiger partial charge in [0.25, 0.3) is 0 Å². The van der Waals surface area contributed by atoms with Crippen LogP contribution in [0.4, 0.5) is 0 Å². The molecule has 34 heavy (non-hydrogen) atoms. The number of aromatic nitrogens is 2. The van der Waals surface area contributed by atoms with Gasteiger partial charge >= 0.3 is 0 Å². The number of benzene rings is 2. The Morgan fingerprint density at radius 1 is 1.15 bits per heavy atom. The molecule has 2 aromatic carbocycles. The third-order valence-corrected chi connectivity index (χ3v) is 9.28. The van der Waals surface area contributed by atoms with Crippen molar-refractivity contribution in [3.8, 4) is 11.3 Å². The molecule has 0 aliphatic carbocycles. The van der Waals surface area contributed by atoms with Gasteiger partial charge < -0.3 is 0 Å². The molecule has 4 heterocycles. The summed E-state index contributed by atoms with van der Waals surface area (Å²) < 4.78 is 29.3. The van der Waals surface area contributed by atoms with Gasteiger partial charge in [-0.1, -0.05) is 45.7 Å². The summed E-state index contributed by atoms with van der Waals surface area (Å²) in [6.45, 7) is 4.21. The highest BCUT2D eigenvalue weighted by atomic mass is 79.9. The third kappa shape index (κ3) is 4.93. The summed E-state index contributed by atoms with van der Waals surface area (Å²) in [5, 5.41) is 0.517. The molecule has 3 aliphatic rings. The number of halogens is 2. The first kappa shape index (κ1) is 23.9. The molecule has 4 atom stereocenters. The molecule has 0 radical (unpaired) electrons. The lowest BCUT2D eigenvalue weighted by Crippen LogP contribution is -2.56. The van der Waals surface area contributed by atoms with E-state index in [1.165, 1.54) is 12.1 Å². The molecular formula is C25H26BrClN4O2S. The number of aryl methyl sites for hydroxylation is 1. The van der Waals surface area contributed by atoms with Gasteiger partial charge in [0.05, 0.1) is 10.6 Å². The molecule has 0 spiro atoms. The Balaban J connectivity index is 1.31. The monoisotopic (exact) mass is 560 g/mol. The van der Waals surface area contributed by atoms with E-state index < -0.39 is 10.0 Å². The van der Waals surface area contributed by atoms with Crippen LogP contribution in [0.15, 0.2) is 64.0 Å². The zero-order valence-electron chi connectivity index (χ0n) is 18.8. The first-order chi connectivity index (χ1) is 16.3. The minimum atomic E-state index is -3.57. The van der Waals surface area contributed by atoms with Gasteiger partial charge in [-0.25, -0.2) is 23.1 Å². The third-order valence-electron chi connectivity index (χ3n) is 6.90. The van der Waals surface area contributed by atoms with Crippen LogP contribution in [0.5, 0.6) is 0 Å². The quantitative estimate of drug-likeness (QED) is 0.457. The number of nitrogens with zero attached hydrogens (tertiary/aromatic N) is 3. The van der Waals surface area contributed by atoms with E-state index in [9.17, 15) is 8.42 Å². The molecule has 178 valence electrons. The SMILES string of the molecule is Cc1nc(-c2ccccc2Br)cc(C2CN3CCC2CC3CNS(=O)(=O)c2ccc(Cl)cc2)n1. The van der Waals surface area contributed by atoms with Crippen LogP contribution in [-0.4, -0.2) is 49.0 Å². The van der Waals surface area contributed by atoms with E-state index in [-0.39, 0.29) is 10.9 Å². The maximum Gasteiger partial charge on any atom is 0.240 e. The summed E-state index contributed by atoms with van der Waals surface area (Å²) in [4.78, 5) is 12.1. The lowest BCUT2D eigenvalue weighted by Gasteiger charge is -2.49. The Kier molecular flexibility index (Phi) is 6.79. The van der Waals surface area contributed by atoms with Crippen molar-refractivity contribution in [2.75, 3.05) is 19.6 Å². The number of hydrogen-bond acceptors (Lipinski definition) is 5. The van der Waals surface area contributed by atoms with Crippen LogP contribution in [0.1, 0.15) is 30.3 Å². The Morgan fingerprint density at radius 3 is 2.62 bits per heavy atom. The minimum Gasteiger partial charge on any atom is -0.298 e. The van der Waals surface area contributed by atoms with E-state index in [1.54, 1.807) is 12.1 Å². The number of fused-ring (bicyclic) bond motifs is 3. The highest BCUT2D eigenvalue weighted by molar-refractivity contribution is 9.10. The molecule has 3 fully saturated rings. The number of rotatable bonds is 6. The van der Waals surface area contributed by atoms with Crippen LogP contribution >= 0.6 is 27.5 Å². The van der Waals surface area contributed by atoms with Crippen LogP contribution in [0.25, 0.3) is 11.3 Å². The van der Waals surface area contributed by atoms with Gasteiger partial charge in [0.1, 0.15) is 5.82 Å². The second-order valence-electron chi connectivity index (χ2n) is 9.05. The van der Waals surface area contributed by atoms with Crippen molar-refractivity contribution in [2.24, 2.45) is 5.92 Å². The largest absolute Gasteiger partial charge is 0.298 e. The molecule has 6 nitrogen and oxygen atoms in total. The van der Waals surface area contributed by atoms with E-state index in [2.05, 4.69) is 42.7 Å². The maximum atomic E-state index is 12.7. The summed E-state index contributed by atoms with van der Waals surface area (Å²) in [5.41, 5.74) is 3.07. The standard InChI is InChI=1S/C25H26BrClN4O2S/c1-16-29-24(21-4-2-3-5-23(21)26)13-25(30-16)22-15-31-11-10-17(22)12-19(31)14-28-34(32,33)20-8-6-18(27)7-9-20/h2-9,13,17,19,22,28H,10-12,14-15H2,1H3. The summed E-state index contributed by atoms with van der Waals surface area (Å²) in [6.07, 6.45) is 2.04. The Bertz CT molecular complexity index is 1300. The van der Waals surface area contributed by atoms with Crippen molar-refractivity contribution in [1.29, 1.82) is 0 Å². The normalized spacial score (nSPS) is 24.3. The van der Waals surface area contributed by atoms with Gasteiger partial charge in [-0.2, -0.15) is 0 Å². The van der Waals surface area contributed by atoms with Crippen molar-refractivity contribution < 1.29 is 8.42 Å². The first-order valence-corrected chi connectivity index (χ1v) is 14.1. The van der Waals surface area contributed by atoms with Crippen LogP contribution < -0.4 is 4.72 Å². The zero-order chi connectivity index (χ0) is 23.9. The molecule has 0 amide bonds. The number of sulfonamides is 1. The fraction of sp³-hybridized carbons (Fsp3) is 0.360. The van der Waals surface area contributed by atoms with Gasteiger partial charge in [0.15, 0.2) is 0 Å². The van der Waals surface area contributed by atoms with Crippen LogP contribution in [0.3, 0.4) is 0 Å². The molecule has 6 rings (SSSR count). The molecule has 9 heteroatoms. The summed E-state index contributed by atoms with van der Waals surface area (Å²) in [6, 6.07) is 16.7. The fourth-order valence-electron chi connectivity index (χ4n) is 5.18. The predicted molar refractivity (Wildman–Crippen MR) is 137 cm³/mol. The first-order valence-electron chi connectivity index (χ1n) is 11.4. The van der Waals surface area contributed by atoms with Gasteiger partial charge in [-0.3, -0.25) is 4.90 Å². The Hall–Kier alpha value is -1.84. The van der Waals surface area contributed by atoms with Gasteiger partial charge in [0.2, 0.25) is 10.0 Å². The molecule has 0 saturated carbocycles. The van der Waals surface area contributed by atoms with E-state index in [0.29, 0.717) is 23.4 Å². The average Bonchev–Trinajstić information content (AvgIpc) is 2.83. The van der Waals surface area contributed by atoms with Crippen LogP contribution in [0.2, 0.25) is 5.02 Å². The van der Waals surface area contributed by atoms with Gasteiger partial charge in [-0.15, -0.1) is 0 Å². The summed E-state index contributed by atoms with van der Waals surface area (Å²) in [5.74, 6) is 1.56. The summed E-state index contributed by atoms with van der Waals surface area (Å²) >= 11 is 9.54. The van der Waals surface area contributed by atoms with Gasteiger partial charge in [-0.05, 0) is 68.6 Å². The van der Waals surface area contributed by atoms with Crippen molar-refractivity contribution in [2.45, 2.75) is 36.6 Å². The van der Waals surface area contributed by atoms with E-state index >= 15 is 0 Å². The molecule has 1 aromatic heterocycles. The van der Waals surface area contributed by atoms with E-state index in [4.69, 9.17) is 16.6 Å². The lowest BCUT2D eigenvalue weighted by molar-refractivity contribution is 0.0317. The van der Waals surface area contributed by atoms with Crippen molar-refractivity contribution in [1.82, 2.24) is 19.6 Å². The van der Waals surface area contributed by atoms with E-state index in [1.807, 2.05) is 25.1 Å². The zero-order valence-corrected chi connectivity index (χ0v) is 21.9. The lowest BCUT2D eigenvalue weighted by atomic mass is 9.74.